The van der Waals surface area contributed by atoms with Crippen molar-refractivity contribution in [1.29, 1.82) is 0 Å². The lowest BCUT2D eigenvalue weighted by molar-refractivity contribution is -0.0212. The Morgan fingerprint density at radius 3 is 2.79 bits per heavy atom. The van der Waals surface area contributed by atoms with Crippen LogP contribution in [-0.2, 0) is 28.2 Å². The van der Waals surface area contributed by atoms with Crippen LogP contribution in [0, 0.1) is 17.6 Å². The maximum atomic E-state index is 14.6. The molecule has 1 aromatic heterocycles. The lowest BCUT2D eigenvalue weighted by Gasteiger charge is -2.29. The first-order chi connectivity index (χ1) is 13.6. The molecule has 1 aliphatic rings. The van der Waals surface area contributed by atoms with Gasteiger partial charge in [0.1, 0.15) is 29.9 Å². The lowest BCUT2D eigenvalue weighted by atomic mass is 9.87. The fourth-order valence-electron chi connectivity index (χ4n) is 3.70. The Labute approximate surface area is 161 Å². The van der Waals surface area contributed by atoms with Gasteiger partial charge in [0.2, 0.25) is 0 Å². The average molecular weight is 385 g/mol. The highest BCUT2D eigenvalue weighted by atomic mass is 19.1. The predicted molar refractivity (Wildman–Crippen MR) is 98.2 cm³/mol. The molecule has 3 aromatic rings. The van der Waals surface area contributed by atoms with E-state index in [-0.39, 0.29) is 5.92 Å². The van der Waals surface area contributed by atoms with E-state index in [1.807, 2.05) is 30.3 Å². The molecule has 1 saturated heterocycles. The average Bonchev–Trinajstić information content (AvgIpc) is 3.34. The predicted octanol–water partition coefficient (Wildman–Crippen LogP) is 3.71. The second-order valence-electron chi connectivity index (χ2n) is 7.09. The minimum Gasteiger partial charge on any atom is -0.376 e. The van der Waals surface area contributed by atoms with Gasteiger partial charge in [-0.3, -0.25) is 0 Å². The molecule has 1 aliphatic heterocycles. The summed E-state index contributed by atoms with van der Waals surface area (Å²) in [5.41, 5.74) is 0.488. The highest BCUT2D eigenvalue weighted by Crippen LogP contribution is 2.41. The third-order valence-corrected chi connectivity index (χ3v) is 4.98. The first-order valence-corrected chi connectivity index (χ1v) is 9.18. The SMILES string of the molecule is Fc1ccc([C@@]2(Cn3cncn3)C[C@H](COCc3ccccc3)CO2)c(F)c1. The highest BCUT2D eigenvalue weighted by Gasteiger charge is 2.44. The number of halogens is 2. The van der Waals surface area contributed by atoms with Gasteiger partial charge < -0.3 is 9.47 Å². The molecule has 0 radical (unpaired) electrons. The first-order valence-electron chi connectivity index (χ1n) is 9.18. The van der Waals surface area contributed by atoms with Crippen LogP contribution in [0.4, 0.5) is 8.78 Å². The molecule has 146 valence electrons. The van der Waals surface area contributed by atoms with E-state index < -0.39 is 17.2 Å². The molecule has 0 saturated carbocycles. The summed E-state index contributed by atoms with van der Waals surface area (Å²) in [6, 6.07) is 13.5. The van der Waals surface area contributed by atoms with Gasteiger partial charge in [0.15, 0.2) is 0 Å². The van der Waals surface area contributed by atoms with Gasteiger partial charge >= 0.3 is 0 Å². The Morgan fingerprint density at radius 2 is 2.04 bits per heavy atom. The number of rotatable bonds is 7. The molecule has 0 aliphatic carbocycles. The fraction of sp³-hybridized carbons (Fsp3) is 0.333. The quantitative estimate of drug-likeness (QED) is 0.622. The van der Waals surface area contributed by atoms with Crippen LogP contribution >= 0.6 is 0 Å². The fourth-order valence-corrected chi connectivity index (χ4v) is 3.70. The normalized spacial score (nSPS) is 21.9. The first kappa shape index (κ1) is 18.7. The highest BCUT2D eigenvalue weighted by molar-refractivity contribution is 5.26. The molecular weight excluding hydrogens is 364 g/mol. The number of benzene rings is 2. The van der Waals surface area contributed by atoms with Gasteiger partial charge in [-0.05, 0) is 18.1 Å². The summed E-state index contributed by atoms with van der Waals surface area (Å²) >= 11 is 0. The van der Waals surface area contributed by atoms with Crippen molar-refractivity contribution in [3.8, 4) is 0 Å². The number of aromatic nitrogens is 3. The number of nitrogens with zero attached hydrogens (tertiary/aromatic N) is 3. The van der Waals surface area contributed by atoms with Crippen molar-refractivity contribution in [2.75, 3.05) is 13.2 Å². The third-order valence-electron chi connectivity index (χ3n) is 4.98. The summed E-state index contributed by atoms with van der Waals surface area (Å²) in [6.07, 6.45) is 3.53. The zero-order valence-electron chi connectivity index (χ0n) is 15.3. The molecule has 4 rings (SSSR count). The third kappa shape index (κ3) is 4.10. The standard InChI is InChI=1S/C21H21F2N3O2/c22-18-6-7-19(20(23)8-18)21(13-26-15-24-14-25-26)9-17(12-28-21)11-27-10-16-4-2-1-3-5-16/h1-8,14-15,17H,9-13H2/t17-,21+/m1/s1. The van der Waals surface area contributed by atoms with Crippen molar-refractivity contribution in [1.82, 2.24) is 14.8 Å². The summed E-state index contributed by atoms with van der Waals surface area (Å²) in [5, 5.41) is 4.12. The number of hydrogen-bond donors (Lipinski definition) is 0. The summed E-state index contributed by atoms with van der Waals surface area (Å²) in [4.78, 5) is 3.95. The summed E-state index contributed by atoms with van der Waals surface area (Å²) < 4.78 is 41.6. The van der Waals surface area contributed by atoms with Gasteiger partial charge in [0.25, 0.3) is 0 Å². The minimum absolute atomic E-state index is 0.0942. The van der Waals surface area contributed by atoms with E-state index in [9.17, 15) is 8.78 Å². The molecule has 28 heavy (non-hydrogen) atoms. The molecule has 0 N–H and O–H groups in total. The zero-order valence-corrected chi connectivity index (χ0v) is 15.3. The van der Waals surface area contributed by atoms with Crippen molar-refractivity contribution < 1.29 is 18.3 Å². The minimum atomic E-state index is -0.938. The van der Waals surface area contributed by atoms with Gasteiger partial charge in [0.05, 0.1) is 26.4 Å². The van der Waals surface area contributed by atoms with E-state index in [4.69, 9.17) is 9.47 Å². The lowest BCUT2D eigenvalue weighted by Crippen LogP contribution is -2.32. The van der Waals surface area contributed by atoms with Crippen LogP contribution in [-0.4, -0.2) is 28.0 Å². The van der Waals surface area contributed by atoms with E-state index in [1.54, 1.807) is 11.0 Å². The summed E-state index contributed by atoms with van der Waals surface area (Å²) in [7, 11) is 0. The van der Waals surface area contributed by atoms with Crippen LogP contribution < -0.4 is 0 Å². The van der Waals surface area contributed by atoms with Gasteiger partial charge in [-0.2, -0.15) is 5.10 Å². The zero-order chi connectivity index (χ0) is 19.4. The van der Waals surface area contributed by atoms with Crippen molar-refractivity contribution in [2.45, 2.75) is 25.2 Å². The maximum Gasteiger partial charge on any atom is 0.137 e. The molecule has 2 atom stereocenters. The maximum absolute atomic E-state index is 14.6. The topological polar surface area (TPSA) is 49.2 Å². The Morgan fingerprint density at radius 1 is 1.18 bits per heavy atom. The van der Waals surface area contributed by atoms with E-state index >= 15 is 0 Å². The Kier molecular flexibility index (Phi) is 5.45. The van der Waals surface area contributed by atoms with Crippen LogP contribution in [0.2, 0.25) is 0 Å². The van der Waals surface area contributed by atoms with Gasteiger partial charge in [-0.1, -0.05) is 36.4 Å². The van der Waals surface area contributed by atoms with E-state index in [0.717, 1.165) is 11.6 Å². The monoisotopic (exact) mass is 385 g/mol. The molecule has 5 nitrogen and oxygen atoms in total. The van der Waals surface area contributed by atoms with E-state index in [1.165, 1.54) is 18.5 Å². The Balaban J connectivity index is 1.49. The van der Waals surface area contributed by atoms with Gasteiger partial charge in [-0.25, -0.2) is 18.4 Å². The molecule has 0 unspecified atom stereocenters. The molecule has 1 fully saturated rings. The molecule has 0 spiro atoms. The molecule has 0 bridgehead atoms. The van der Waals surface area contributed by atoms with Crippen molar-refractivity contribution in [2.24, 2.45) is 5.92 Å². The summed E-state index contributed by atoms with van der Waals surface area (Å²) in [6.45, 7) is 1.74. The smallest absolute Gasteiger partial charge is 0.137 e. The summed E-state index contributed by atoms with van der Waals surface area (Å²) in [5.74, 6) is -1.14. The van der Waals surface area contributed by atoms with Gasteiger partial charge in [0, 0.05) is 17.5 Å². The van der Waals surface area contributed by atoms with Crippen molar-refractivity contribution >= 4 is 0 Å². The molecular formula is C21H21F2N3O2. The van der Waals surface area contributed by atoms with Crippen LogP contribution in [0.3, 0.4) is 0 Å². The van der Waals surface area contributed by atoms with Crippen molar-refractivity contribution in [3.63, 3.8) is 0 Å². The van der Waals surface area contributed by atoms with Crippen LogP contribution in [0.5, 0.6) is 0 Å². The molecule has 7 heteroatoms. The second kappa shape index (κ2) is 8.16. The van der Waals surface area contributed by atoms with E-state index in [0.29, 0.717) is 38.3 Å². The van der Waals surface area contributed by atoms with E-state index in [2.05, 4.69) is 10.1 Å². The molecule has 0 amide bonds. The van der Waals surface area contributed by atoms with Crippen LogP contribution in [0.25, 0.3) is 0 Å². The van der Waals surface area contributed by atoms with Gasteiger partial charge in [-0.15, -0.1) is 0 Å². The Hall–Kier alpha value is -2.64. The number of hydrogen-bond acceptors (Lipinski definition) is 4. The number of ether oxygens (including phenoxy) is 2. The largest absolute Gasteiger partial charge is 0.376 e. The Bertz CT molecular complexity index is 905. The van der Waals surface area contributed by atoms with Crippen LogP contribution in [0.15, 0.2) is 61.2 Å². The van der Waals surface area contributed by atoms with Crippen LogP contribution in [0.1, 0.15) is 17.5 Å². The second-order valence-corrected chi connectivity index (χ2v) is 7.09. The molecule has 2 aromatic carbocycles. The van der Waals surface area contributed by atoms with Crippen molar-refractivity contribution in [3.05, 3.63) is 83.9 Å². The molecule has 2 heterocycles.